The first kappa shape index (κ1) is 15.5. The topological polar surface area (TPSA) is 92.3 Å². The molecule has 1 atom stereocenters. The number of carbonyl (C=O) groups is 1. The van der Waals surface area contributed by atoms with Crippen molar-refractivity contribution in [2.45, 2.75) is 13.0 Å². The summed E-state index contributed by atoms with van der Waals surface area (Å²) in [6.45, 7) is 2.81. The van der Waals surface area contributed by atoms with E-state index in [0.29, 0.717) is 36.1 Å². The molecule has 1 fully saturated rings. The Morgan fingerprint density at radius 2 is 2.30 bits per heavy atom. The van der Waals surface area contributed by atoms with Crippen molar-refractivity contribution in [3.63, 3.8) is 0 Å². The average Bonchev–Trinajstić information content (AvgIpc) is 3.00. The molecule has 1 aliphatic heterocycles. The van der Waals surface area contributed by atoms with Crippen LogP contribution in [0.5, 0.6) is 0 Å². The number of aromatic nitrogens is 2. The second kappa shape index (κ2) is 6.36. The maximum absolute atomic E-state index is 12.8. The van der Waals surface area contributed by atoms with Crippen molar-refractivity contribution >= 4 is 17.5 Å². The standard InChI is InChI=1S/C15H13ClN4O3/c1-9-18-19-14(23-9)13-8-22-5-4-20(13)15(21)10-2-3-11(7-17)12(16)6-10/h2-3,6,13H,4-5,8H2,1H3/t13-/m0/s1. The number of hydrogen-bond acceptors (Lipinski definition) is 6. The van der Waals surface area contributed by atoms with Crippen molar-refractivity contribution in [3.05, 3.63) is 46.1 Å². The molecule has 1 amide bonds. The quantitative estimate of drug-likeness (QED) is 0.836. The highest BCUT2D eigenvalue weighted by Crippen LogP contribution is 2.26. The normalized spacial score (nSPS) is 17.8. The summed E-state index contributed by atoms with van der Waals surface area (Å²) in [6, 6.07) is 6.14. The minimum atomic E-state index is -0.438. The Morgan fingerprint density at radius 3 is 2.96 bits per heavy atom. The van der Waals surface area contributed by atoms with Crippen LogP contribution in [0.1, 0.15) is 33.7 Å². The number of nitriles is 1. The summed E-state index contributed by atoms with van der Waals surface area (Å²) in [5.74, 6) is 0.551. The van der Waals surface area contributed by atoms with Gasteiger partial charge in [0.15, 0.2) is 0 Å². The minimum Gasteiger partial charge on any atom is -0.423 e. The molecule has 1 aliphatic rings. The van der Waals surface area contributed by atoms with Gasteiger partial charge in [0, 0.05) is 19.0 Å². The number of nitrogens with zero attached hydrogens (tertiary/aromatic N) is 4. The summed E-state index contributed by atoms with van der Waals surface area (Å²) in [6.07, 6.45) is 0. The van der Waals surface area contributed by atoms with Gasteiger partial charge in [-0.15, -0.1) is 10.2 Å². The van der Waals surface area contributed by atoms with Gasteiger partial charge in [0.2, 0.25) is 11.8 Å². The molecule has 2 heterocycles. The summed E-state index contributed by atoms with van der Waals surface area (Å²) in [5.41, 5.74) is 0.728. The van der Waals surface area contributed by atoms with Crippen LogP contribution in [0.2, 0.25) is 5.02 Å². The van der Waals surface area contributed by atoms with Crippen molar-refractivity contribution in [3.8, 4) is 6.07 Å². The summed E-state index contributed by atoms with van der Waals surface area (Å²) in [5, 5.41) is 16.9. The van der Waals surface area contributed by atoms with Gasteiger partial charge in [-0.05, 0) is 18.2 Å². The number of amides is 1. The smallest absolute Gasteiger partial charge is 0.254 e. The predicted octanol–water partition coefficient (Wildman–Crippen LogP) is 2.12. The molecule has 23 heavy (non-hydrogen) atoms. The molecule has 0 saturated carbocycles. The Morgan fingerprint density at radius 1 is 1.48 bits per heavy atom. The predicted molar refractivity (Wildman–Crippen MR) is 79.8 cm³/mol. The van der Waals surface area contributed by atoms with E-state index < -0.39 is 6.04 Å². The molecule has 7 nitrogen and oxygen atoms in total. The van der Waals surface area contributed by atoms with Crippen molar-refractivity contribution in [1.29, 1.82) is 5.26 Å². The molecule has 0 N–H and O–H groups in total. The average molecular weight is 333 g/mol. The van der Waals surface area contributed by atoms with E-state index in [1.165, 1.54) is 12.1 Å². The highest BCUT2D eigenvalue weighted by atomic mass is 35.5. The SMILES string of the molecule is Cc1nnc([C@@H]2COCCN2C(=O)c2ccc(C#N)c(Cl)c2)o1. The molecule has 0 spiro atoms. The van der Waals surface area contributed by atoms with Crippen molar-refractivity contribution < 1.29 is 13.9 Å². The number of halogens is 1. The second-order valence-corrected chi connectivity index (χ2v) is 5.46. The third-order valence-corrected chi connectivity index (χ3v) is 3.87. The maximum atomic E-state index is 12.8. The van der Waals surface area contributed by atoms with Gasteiger partial charge in [0.1, 0.15) is 12.1 Å². The molecule has 1 saturated heterocycles. The van der Waals surface area contributed by atoms with Crippen LogP contribution in [0.4, 0.5) is 0 Å². The lowest BCUT2D eigenvalue weighted by molar-refractivity contribution is -0.0106. The molecule has 0 bridgehead atoms. The zero-order valence-corrected chi connectivity index (χ0v) is 13.1. The molecule has 2 aromatic rings. The van der Waals surface area contributed by atoms with Crippen molar-refractivity contribution in [1.82, 2.24) is 15.1 Å². The lowest BCUT2D eigenvalue weighted by atomic mass is 10.1. The summed E-state index contributed by atoms with van der Waals surface area (Å²) >= 11 is 6.01. The molecule has 1 aromatic heterocycles. The zero-order valence-electron chi connectivity index (χ0n) is 12.3. The second-order valence-electron chi connectivity index (χ2n) is 5.06. The number of carbonyl (C=O) groups excluding carboxylic acids is 1. The van der Waals surface area contributed by atoms with E-state index in [1.807, 2.05) is 6.07 Å². The van der Waals surface area contributed by atoms with Crippen LogP contribution < -0.4 is 0 Å². The van der Waals surface area contributed by atoms with E-state index in [-0.39, 0.29) is 17.5 Å². The highest BCUT2D eigenvalue weighted by molar-refractivity contribution is 6.32. The number of aryl methyl sites for hydroxylation is 1. The molecule has 3 rings (SSSR count). The Labute approximate surface area is 137 Å². The van der Waals surface area contributed by atoms with Gasteiger partial charge in [-0.25, -0.2) is 0 Å². The largest absolute Gasteiger partial charge is 0.423 e. The van der Waals surface area contributed by atoms with Gasteiger partial charge in [-0.2, -0.15) is 5.26 Å². The van der Waals surface area contributed by atoms with Gasteiger partial charge in [0.25, 0.3) is 5.91 Å². The van der Waals surface area contributed by atoms with Crippen LogP contribution in [0.25, 0.3) is 0 Å². The van der Waals surface area contributed by atoms with Gasteiger partial charge >= 0.3 is 0 Å². The third kappa shape index (κ3) is 3.04. The number of morpholine rings is 1. The lowest BCUT2D eigenvalue weighted by Gasteiger charge is -2.33. The van der Waals surface area contributed by atoms with Gasteiger partial charge in [0.05, 0.1) is 23.8 Å². The van der Waals surface area contributed by atoms with E-state index in [1.54, 1.807) is 17.9 Å². The number of benzene rings is 1. The Hall–Kier alpha value is -2.43. The zero-order chi connectivity index (χ0) is 16.4. The van der Waals surface area contributed by atoms with Crippen LogP contribution in [0, 0.1) is 18.3 Å². The summed E-state index contributed by atoms with van der Waals surface area (Å²) in [7, 11) is 0. The van der Waals surface area contributed by atoms with Crippen LogP contribution in [0.15, 0.2) is 22.6 Å². The first-order valence-electron chi connectivity index (χ1n) is 6.98. The Bertz CT molecular complexity index is 783. The van der Waals surface area contributed by atoms with Crippen LogP contribution in [-0.4, -0.2) is 40.8 Å². The minimum absolute atomic E-state index is 0.222. The number of rotatable bonds is 2. The van der Waals surface area contributed by atoms with E-state index in [9.17, 15) is 4.79 Å². The van der Waals surface area contributed by atoms with E-state index in [2.05, 4.69) is 10.2 Å². The molecule has 118 valence electrons. The maximum Gasteiger partial charge on any atom is 0.254 e. The van der Waals surface area contributed by atoms with Crippen LogP contribution in [-0.2, 0) is 4.74 Å². The van der Waals surface area contributed by atoms with E-state index >= 15 is 0 Å². The molecule has 0 unspecified atom stereocenters. The van der Waals surface area contributed by atoms with Crippen LogP contribution >= 0.6 is 11.6 Å². The first-order valence-corrected chi connectivity index (χ1v) is 7.36. The number of hydrogen-bond donors (Lipinski definition) is 0. The monoisotopic (exact) mass is 332 g/mol. The van der Waals surface area contributed by atoms with Gasteiger partial charge < -0.3 is 14.1 Å². The Balaban J connectivity index is 1.90. The third-order valence-electron chi connectivity index (χ3n) is 3.55. The molecule has 0 radical (unpaired) electrons. The first-order chi connectivity index (χ1) is 11.1. The van der Waals surface area contributed by atoms with Crippen LogP contribution in [0.3, 0.4) is 0 Å². The molecule has 1 aromatic carbocycles. The van der Waals surface area contributed by atoms with Gasteiger partial charge in [-0.1, -0.05) is 11.6 Å². The van der Waals surface area contributed by atoms with Crippen molar-refractivity contribution in [2.24, 2.45) is 0 Å². The molecular weight excluding hydrogens is 320 g/mol. The molecule has 0 aliphatic carbocycles. The summed E-state index contributed by atoms with van der Waals surface area (Å²) < 4.78 is 10.9. The Kier molecular flexibility index (Phi) is 4.28. The fraction of sp³-hybridized carbons (Fsp3) is 0.333. The van der Waals surface area contributed by atoms with Gasteiger partial charge in [-0.3, -0.25) is 4.79 Å². The fourth-order valence-corrected chi connectivity index (χ4v) is 2.63. The van der Waals surface area contributed by atoms with Crippen molar-refractivity contribution in [2.75, 3.05) is 19.8 Å². The summed E-state index contributed by atoms with van der Waals surface area (Å²) in [4.78, 5) is 14.4. The highest BCUT2D eigenvalue weighted by Gasteiger charge is 2.33. The molecular formula is C15H13ClN4O3. The fourth-order valence-electron chi connectivity index (χ4n) is 2.40. The van der Waals surface area contributed by atoms with E-state index in [4.69, 9.17) is 26.0 Å². The molecule has 8 heteroatoms. The number of ether oxygens (including phenoxy) is 1. The van der Waals surface area contributed by atoms with E-state index in [0.717, 1.165) is 0 Å². The lowest BCUT2D eigenvalue weighted by Crippen LogP contribution is -2.43.